The SMILES string of the molecule is CCCCOCCCNC(=O)c1cc(S(=O)(=O)N(CC)CC)ccc1N1CCCC1. The molecule has 1 aliphatic rings. The fourth-order valence-electron chi connectivity index (χ4n) is 3.62. The third kappa shape index (κ3) is 6.43. The normalized spacial score (nSPS) is 14.5. The van der Waals surface area contributed by atoms with Crippen LogP contribution in [0.2, 0.25) is 0 Å². The second-order valence-electron chi connectivity index (χ2n) is 7.54. The zero-order valence-electron chi connectivity index (χ0n) is 18.7. The highest BCUT2D eigenvalue weighted by molar-refractivity contribution is 7.89. The van der Waals surface area contributed by atoms with Crippen LogP contribution in [0.3, 0.4) is 0 Å². The van der Waals surface area contributed by atoms with Gasteiger partial charge in [0, 0.05) is 51.6 Å². The van der Waals surface area contributed by atoms with Crippen LogP contribution in [0.5, 0.6) is 0 Å². The van der Waals surface area contributed by atoms with Crippen LogP contribution in [0, 0.1) is 0 Å². The molecule has 1 saturated heterocycles. The van der Waals surface area contributed by atoms with Crippen LogP contribution in [0.4, 0.5) is 5.69 Å². The molecule has 30 heavy (non-hydrogen) atoms. The number of hydrogen-bond acceptors (Lipinski definition) is 5. The molecule has 0 bridgehead atoms. The summed E-state index contributed by atoms with van der Waals surface area (Å²) in [6.45, 7) is 10.2. The molecule has 7 nitrogen and oxygen atoms in total. The Balaban J connectivity index is 2.16. The maximum atomic E-state index is 13.0. The Hall–Kier alpha value is -1.64. The van der Waals surface area contributed by atoms with Crippen molar-refractivity contribution in [2.75, 3.05) is 50.8 Å². The van der Waals surface area contributed by atoms with E-state index in [0.29, 0.717) is 31.8 Å². The van der Waals surface area contributed by atoms with Crippen LogP contribution in [-0.2, 0) is 14.8 Å². The van der Waals surface area contributed by atoms with Gasteiger partial charge >= 0.3 is 0 Å². The molecule has 170 valence electrons. The van der Waals surface area contributed by atoms with Crippen LogP contribution in [0.15, 0.2) is 23.1 Å². The Morgan fingerprint density at radius 3 is 2.40 bits per heavy atom. The lowest BCUT2D eigenvalue weighted by molar-refractivity contribution is 0.0940. The Bertz CT molecular complexity index is 773. The first-order valence-electron chi connectivity index (χ1n) is 11.2. The Kier molecular flexibility index (Phi) is 10.1. The molecule has 1 amide bonds. The van der Waals surface area contributed by atoms with Crippen molar-refractivity contribution in [1.82, 2.24) is 9.62 Å². The van der Waals surface area contributed by atoms with Crippen molar-refractivity contribution in [3.05, 3.63) is 23.8 Å². The van der Waals surface area contributed by atoms with Crippen molar-refractivity contribution in [2.24, 2.45) is 0 Å². The second kappa shape index (κ2) is 12.3. The van der Waals surface area contributed by atoms with Crippen LogP contribution in [0.25, 0.3) is 0 Å². The summed E-state index contributed by atoms with van der Waals surface area (Å²) in [5, 5.41) is 2.94. The third-order valence-electron chi connectivity index (χ3n) is 5.40. The molecule has 1 aromatic carbocycles. The van der Waals surface area contributed by atoms with Crippen molar-refractivity contribution >= 4 is 21.6 Å². The van der Waals surface area contributed by atoms with Gasteiger partial charge in [-0.2, -0.15) is 4.31 Å². The van der Waals surface area contributed by atoms with Crippen molar-refractivity contribution in [2.45, 2.75) is 57.8 Å². The maximum absolute atomic E-state index is 13.0. The summed E-state index contributed by atoms with van der Waals surface area (Å²) >= 11 is 0. The fraction of sp³-hybridized carbons (Fsp3) is 0.682. The Morgan fingerprint density at radius 2 is 1.77 bits per heavy atom. The van der Waals surface area contributed by atoms with Gasteiger partial charge in [0.15, 0.2) is 0 Å². The first-order valence-corrected chi connectivity index (χ1v) is 12.6. The second-order valence-corrected chi connectivity index (χ2v) is 9.48. The molecule has 1 aliphatic heterocycles. The van der Waals surface area contributed by atoms with Crippen LogP contribution < -0.4 is 10.2 Å². The summed E-state index contributed by atoms with van der Waals surface area (Å²) in [7, 11) is -3.62. The number of carbonyl (C=O) groups excluding carboxylic acids is 1. The summed E-state index contributed by atoms with van der Waals surface area (Å²) in [5.74, 6) is -0.234. The molecule has 0 aliphatic carbocycles. The van der Waals surface area contributed by atoms with Crippen molar-refractivity contribution in [1.29, 1.82) is 0 Å². The minimum atomic E-state index is -3.62. The number of amides is 1. The zero-order chi connectivity index (χ0) is 22.0. The molecule has 0 unspecified atom stereocenters. The molecule has 2 rings (SSSR count). The Labute approximate surface area is 181 Å². The van der Waals surface area contributed by atoms with E-state index in [4.69, 9.17) is 4.74 Å². The summed E-state index contributed by atoms with van der Waals surface area (Å²) in [6, 6.07) is 4.94. The van der Waals surface area contributed by atoms with Crippen molar-refractivity contribution < 1.29 is 17.9 Å². The largest absolute Gasteiger partial charge is 0.381 e. The van der Waals surface area contributed by atoms with Crippen molar-refractivity contribution in [3.8, 4) is 0 Å². The van der Waals surface area contributed by atoms with E-state index >= 15 is 0 Å². The predicted molar refractivity (Wildman–Crippen MR) is 121 cm³/mol. The smallest absolute Gasteiger partial charge is 0.253 e. The number of hydrogen-bond donors (Lipinski definition) is 1. The van der Waals surface area contributed by atoms with Gasteiger partial charge in [-0.3, -0.25) is 4.79 Å². The molecular weight excluding hydrogens is 402 g/mol. The number of nitrogens with zero attached hydrogens (tertiary/aromatic N) is 2. The van der Waals surface area contributed by atoms with E-state index in [1.54, 1.807) is 12.1 Å². The summed E-state index contributed by atoms with van der Waals surface area (Å²) in [4.78, 5) is 15.3. The molecule has 8 heteroatoms. The number of rotatable bonds is 13. The maximum Gasteiger partial charge on any atom is 0.253 e. The molecule has 1 aromatic rings. The Morgan fingerprint density at radius 1 is 1.10 bits per heavy atom. The standard InChI is InChI=1S/C22H37N3O4S/c1-4-7-16-29-17-10-13-23-22(26)20-18-19(30(27,28)25(5-2)6-3)11-12-21(20)24-14-8-9-15-24/h11-12,18H,4-10,13-17H2,1-3H3,(H,23,26). The number of unbranched alkanes of at least 4 members (excludes halogenated alkanes) is 1. The van der Waals surface area contributed by atoms with Gasteiger partial charge in [0.05, 0.1) is 10.5 Å². The number of sulfonamides is 1. The molecule has 1 N–H and O–H groups in total. The summed E-state index contributed by atoms with van der Waals surface area (Å²) in [5.41, 5.74) is 1.24. The van der Waals surface area contributed by atoms with Gasteiger partial charge in [0.1, 0.15) is 0 Å². The molecule has 0 aromatic heterocycles. The lowest BCUT2D eigenvalue weighted by atomic mass is 10.1. The number of benzene rings is 1. The molecule has 0 spiro atoms. The number of anilines is 1. The molecule has 0 saturated carbocycles. The van der Waals surface area contributed by atoms with E-state index in [1.165, 1.54) is 10.4 Å². The van der Waals surface area contributed by atoms with Crippen molar-refractivity contribution in [3.63, 3.8) is 0 Å². The molecule has 1 heterocycles. The minimum absolute atomic E-state index is 0.169. The van der Waals surface area contributed by atoms with Crippen LogP contribution in [-0.4, -0.2) is 64.6 Å². The molecule has 0 radical (unpaired) electrons. The average molecular weight is 440 g/mol. The lowest BCUT2D eigenvalue weighted by Crippen LogP contribution is -2.32. The van der Waals surface area contributed by atoms with E-state index in [-0.39, 0.29) is 10.8 Å². The topological polar surface area (TPSA) is 78.9 Å². The molecule has 1 fully saturated rings. The highest BCUT2D eigenvalue weighted by Gasteiger charge is 2.26. The third-order valence-corrected chi connectivity index (χ3v) is 7.44. The fourth-order valence-corrected chi connectivity index (χ4v) is 5.11. The van der Waals surface area contributed by atoms with E-state index in [2.05, 4.69) is 17.1 Å². The van der Waals surface area contributed by atoms with Gasteiger partial charge in [0.25, 0.3) is 5.91 Å². The monoisotopic (exact) mass is 439 g/mol. The summed E-state index contributed by atoms with van der Waals surface area (Å²) in [6.07, 6.45) is 5.03. The van der Waals surface area contributed by atoms with E-state index in [0.717, 1.165) is 57.5 Å². The minimum Gasteiger partial charge on any atom is -0.381 e. The number of ether oxygens (including phenoxy) is 1. The van der Waals surface area contributed by atoms with Gasteiger partial charge < -0.3 is 15.0 Å². The van der Waals surface area contributed by atoms with E-state index in [9.17, 15) is 13.2 Å². The van der Waals surface area contributed by atoms with E-state index < -0.39 is 10.0 Å². The highest BCUT2D eigenvalue weighted by Crippen LogP contribution is 2.28. The van der Waals surface area contributed by atoms with Gasteiger partial charge in [-0.15, -0.1) is 0 Å². The average Bonchev–Trinajstić information content (AvgIpc) is 3.28. The van der Waals surface area contributed by atoms with Crippen LogP contribution >= 0.6 is 0 Å². The summed E-state index contributed by atoms with van der Waals surface area (Å²) < 4.78 is 32.8. The van der Waals surface area contributed by atoms with E-state index in [1.807, 2.05) is 13.8 Å². The first-order chi connectivity index (χ1) is 14.5. The number of nitrogens with one attached hydrogen (secondary N) is 1. The zero-order valence-corrected chi connectivity index (χ0v) is 19.5. The lowest BCUT2D eigenvalue weighted by Gasteiger charge is -2.23. The highest BCUT2D eigenvalue weighted by atomic mass is 32.2. The quantitative estimate of drug-likeness (QED) is 0.477. The van der Waals surface area contributed by atoms with Gasteiger partial charge in [-0.05, 0) is 43.9 Å². The number of carbonyl (C=O) groups is 1. The van der Waals surface area contributed by atoms with Crippen LogP contribution in [0.1, 0.15) is 63.2 Å². The predicted octanol–water partition coefficient (Wildman–Crippen LogP) is 3.25. The molecular formula is C22H37N3O4S. The van der Waals surface area contributed by atoms with Gasteiger partial charge in [-0.25, -0.2) is 8.42 Å². The molecule has 0 atom stereocenters. The first kappa shape index (κ1) is 24.6. The van der Waals surface area contributed by atoms with Gasteiger partial charge in [-0.1, -0.05) is 27.2 Å². The van der Waals surface area contributed by atoms with Gasteiger partial charge in [0.2, 0.25) is 10.0 Å².